The topological polar surface area (TPSA) is 105 Å². The monoisotopic (exact) mass is 522 g/mol. The maximum Gasteiger partial charge on any atom is 0.416 e. The van der Waals surface area contributed by atoms with Gasteiger partial charge in [0.05, 0.1) is 23.5 Å². The van der Waals surface area contributed by atoms with Gasteiger partial charge in [-0.2, -0.15) is 13.2 Å². The first kappa shape index (κ1) is 25.7. The van der Waals surface area contributed by atoms with Crippen molar-refractivity contribution in [3.63, 3.8) is 0 Å². The minimum atomic E-state index is -4.62. The van der Waals surface area contributed by atoms with Gasteiger partial charge in [-0.15, -0.1) is 0 Å². The fourth-order valence-electron chi connectivity index (χ4n) is 3.99. The summed E-state index contributed by atoms with van der Waals surface area (Å²) in [6.07, 6.45) is -1.89. The largest absolute Gasteiger partial charge is 0.464 e. The normalized spacial score (nSPS) is 16.5. The first-order chi connectivity index (χ1) is 16.9. The molecule has 0 aliphatic carbocycles. The molecule has 36 heavy (non-hydrogen) atoms. The molecule has 0 radical (unpaired) electrons. The van der Waals surface area contributed by atoms with Gasteiger partial charge < -0.3 is 14.6 Å². The number of anilines is 1. The molecule has 1 amide bonds. The van der Waals surface area contributed by atoms with Crippen molar-refractivity contribution in [3.05, 3.63) is 76.5 Å². The van der Waals surface area contributed by atoms with Crippen LogP contribution in [0.3, 0.4) is 0 Å². The lowest BCUT2D eigenvalue weighted by Gasteiger charge is -2.26. The molecule has 1 saturated heterocycles. The average molecular weight is 523 g/mol. The highest BCUT2D eigenvalue weighted by molar-refractivity contribution is 7.91. The number of aromatic nitrogens is 2. The number of rotatable bonds is 6. The molecule has 192 valence electrons. The Labute approximate surface area is 206 Å². The smallest absolute Gasteiger partial charge is 0.416 e. The molecule has 8 nitrogen and oxygen atoms in total. The van der Waals surface area contributed by atoms with E-state index in [1.807, 2.05) is 0 Å². The zero-order chi connectivity index (χ0) is 26.1. The Morgan fingerprint density at radius 3 is 2.36 bits per heavy atom. The minimum absolute atomic E-state index is 0.0209. The van der Waals surface area contributed by atoms with Crippen molar-refractivity contribution in [3.8, 4) is 0 Å². The van der Waals surface area contributed by atoms with Crippen LogP contribution in [0.2, 0.25) is 0 Å². The Morgan fingerprint density at radius 2 is 1.78 bits per heavy atom. The predicted molar refractivity (Wildman–Crippen MR) is 126 cm³/mol. The number of carbonyl (C=O) groups excluding carboxylic acids is 1. The molecule has 12 heteroatoms. The summed E-state index contributed by atoms with van der Waals surface area (Å²) >= 11 is 0. The molecule has 4 rings (SSSR count). The van der Waals surface area contributed by atoms with Gasteiger partial charge in [-0.25, -0.2) is 18.4 Å². The number of furan rings is 1. The van der Waals surface area contributed by atoms with E-state index in [1.165, 1.54) is 24.5 Å². The molecule has 1 aromatic carbocycles. The van der Waals surface area contributed by atoms with Gasteiger partial charge in [-0.1, -0.05) is 17.7 Å². The molecule has 1 aliphatic heterocycles. The molecule has 3 heterocycles. The molecule has 1 unspecified atom stereocenters. The molecule has 0 saturated carbocycles. The molecule has 1 atom stereocenters. The molecular formula is C24H25F3N4O4S. The molecule has 2 aromatic heterocycles. The number of sulfone groups is 1. The van der Waals surface area contributed by atoms with E-state index in [0.717, 1.165) is 6.07 Å². The van der Waals surface area contributed by atoms with Crippen LogP contribution < -0.4 is 10.2 Å². The number of alkyl halides is 3. The van der Waals surface area contributed by atoms with Crippen LogP contribution in [-0.2, 0) is 27.2 Å². The van der Waals surface area contributed by atoms with Gasteiger partial charge in [0, 0.05) is 25.5 Å². The summed E-state index contributed by atoms with van der Waals surface area (Å²) in [6.45, 7) is 3.80. The first-order valence-electron chi connectivity index (χ1n) is 11.2. The fraction of sp³-hybridized carbons (Fsp3) is 0.375. The van der Waals surface area contributed by atoms with Crippen LogP contribution in [0.15, 0.2) is 47.1 Å². The number of aryl methyl sites for hydroxylation is 2. The molecular weight excluding hydrogens is 497 g/mol. The summed E-state index contributed by atoms with van der Waals surface area (Å²) in [5.41, 5.74) is -0.0777. The van der Waals surface area contributed by atoms with E-state index in [2.05, 4.69) is 15.3 Å². The van der Waals surface area contributed by atoms with Crippen LogP contribution >= 0.6 is 0 Å². The van der Waals surface area contributed by atoms with Crippen LogP contribution in [0.5, 0.6) is 0 Å². The van der Waals surface area contributed by atoms with Gasteiger partial charge in [0.1, 0.15) is 17.6 Å². The number of hydrogen-bond acceptors (Lipinski definition) is 7. The number of nitrogens with one attached hydrogen (secondary N) is 1. The van der Waals surface area contributed by atoms with Crippen LogP contribution in [0.25, 0.3) is 0 Å². The number of carbonyl (C=O) groups is 1. The average Bonchev–Trinajstić information content (AvgIpc) is 3.24. The molecule has 1 aliphatic rings. The number of halogens is 3. The summed E-state index contributed by atoms with van der Waals surface area (Å²) in [5, 5.41) is 2.67. The Hall–Kier alpha value is -3.41. The van der Waals surface area contributed by atoms with E-state index < -0.39 is 33.5 Å². The Kier molecular flexibility index (Phi) is 7.07. The van der Waals surface area contributed by atoms with Crippen molar-refractivity contribution in [2.75, 3.05) is 29.5 Å². The second-order valence-corrected chi connectivity index (χ2v) is 11.0. The summed E-state index contributed by atoms with van der Waals surface area (Å²) in [6, 6.07) is 5.95. The van der Waals surface area contributed by atoms with E-state index in [9.17, 15) is 26.4 Å². The highest BCUT2D eigenvalue weighted by atomic mass is 32.2. The second kappa shape index (κ2) is 9.92. The van der Waals surface area contributed by atoms with Crippen LogP contribution in [0.4, 0.5) is 19.1 Å². The maximum atomic E-state index is 13.8. The number of nitrogens with zero attached hydrogens (tertiary/aromatic N) is 3. The van der Waals surface area contributed by atoms with Crippen molar-refractivity contribution >= 4 is 21.7 Å². The number of benzene rings is 1. The fourth-order valence-corrected chi connectivity index (χ4v) is 5.19. The zero-order valence-electron chi connectivity index (χ0n) is 19.7. The predicted octanol–water partition coefficient (Wildman–Crippen LogP) is 3.39. The van der Waals surface area contributed by atoms with Crippen molar-refractivity contribution in [1.29, 1.82) is 0 Å². The van der Waals surface area contributed by atoms with Gasteiger partial charge in [0.2, 0.25) is 11.9 Å². The van der Waals surface area contributed by atoms with Gasteiger partial charge in [0.25, 0.3) is 0 Å². The molecule has 0 bridgehead atoms. The van der Waals surface area contributed by atoms with Crippen molar-refractivity contribution in [2.45, 2.75) is 32.5 Å². The molecule has 1 fully saturated rings. The highest BCUT2D eigenvalue weighted by Crippen LogP contribution is 2.37. The SMILES string of the molecule is Cc1ccc(C(NC(=O)Cc2cnc(N3CCS(=O)(=O)CC3)nc2)c2ccc(C)o2)c(C(F)(F)F)c1. The number of amides is 1. The summed E-state index contributed by atoms with van der Waals surface area (Å²) < 4.78 is 70.3. The van der Waals surface area contributed by atoms with E-state index in [-0.39, 0.29) is 42.3 Å². The third kappa shape index (κ3) is 6.04. The highest BCUT2D eigenvalue weighted by Gasteiger charge is 2.37. The number of hydrogen-bond donors (Lipinski definition) is 1. The zero-order valence-corrected chi connectivity index (χ0v) is 20.5. The quantitative estimate of drug-likeness (QED) is 0.529. The molecule has 1 N–H and O–H groups in total. The third-order valence-corrected chi connectivity index (χ3v) is 7.47. The van der Waals surface area contributed by atoms with E-state index in [1.54, 1.807) is 30.9 Å². The van der Waals surface area contributed by atoms with Gasteiger partial charge in [0.15, 0.2) is 9.84 Å². The van der Waals surface area contributed by atoms with E-state index in [4.69, 9.17) is 4.42 Å². The summed E-state index contributed by atoms with van der Waals surface area (Å²) in [5.74, 6) is 0.539. The lowest BCUT2D eigenvalue weighted by Crippen LogP contribution is -2.41. The van der Waals surface area contributed by atoms with Crippen molar-refractivity contribution in [1.82, 2.24) is 15.3 Å². The second-order valence-electron chi connectivity index (χ2n) is 8.74. The summed E-state index contributed by atoms with van der Waals surface area (Å²) in [7, 11) is -3.05. The van der Waals surface area contributed by atoms with Crippen LogP contribution in [0.1, 0.15) is 39.8 Å². The first-order valence-corrected chi connectivity index (χ1v) is 13.0. The van der Waals surface area contributed by atoms with Gasteiger partial charge in [-0.3, -0.25) is 4.79 Å². The van der Waals surface area contributed by atoms with Gasteiger partial charge >= 0.3 is 6.18 Å². The van der Waals surface area contributed by atoms with Crippen molar-refractivity contribution < 1.29 is 30.8 Å². The standard InChI is InChI=1S/C24H25F3N4O4S/c1-15-3-5-18(19(11-15)24(25,26)27)22(20-6-4-16(2)35-20)30-21(32)12-17-13-28-23(29-14-17)31-7-9-36(33,34)10-8-31/h3-6,11,13-14,22H,7-10,12H2,1-2H3,(H,30,32). The van der Waals surface area contributed by atoms with Crippen LogP contribution in [-0.4, -0.2) is 48.9 Å². The Bertz CT molecular complexity index is 1340. The van der Waals surface area contributed by atoms with Crippen LogP contribution in [0, 0.1) is 13.8 Å². The molecule has 0 spiro atoms. The lowest BCUT2D eigenvalue weighted by atomic mass is 9.96. The third-order valence-electron chi connectivity index (χ3n) is 5.86. The lowest BCUT2D eigenvalue weighted by molar-refractivity contribution is -0.138. The van der Waals surface area contributed by atoms with E-state index in [0.29, 0.717) is 22.8 Å². The van der Waals surface area contributed by atoms with Gasteiger partial charge in [-0.05, 0) is 43.2 Å². The van der Waals surface area contributed by atoms with Crippen molar-refractivity contribution in [2.24, 2.45) is 0 Å². The summed E-state index contributed by atoms with van der Waals surface area (Å²) in [4.78, 5) is 23.1. The Balaban J connectivity index is 1.53. The Morgan fingerprint density at radius 1 is 1.11 bits per heavy atom. The van der Waals surface area contributed by atoms with E-state index >= 15 is 0 Å². The minimum Gasteiger partial charge on any atom is -0.464 e. The molecule has 3 aromatic rings. The maximum absolute atomic E-state index is 13.8.